The second-order valence-corrected chi connectivity index (χ2v) is 6.82. The fourth-order valence-electron chi connectivity index (χ4n) is 2.36. The smallest absolute Gasteiger partial charge is 0.125 e. The van der Waals surface area contributed by atoms with Crippen molar-refractivity contribution in [3.63, 3.8) is 0 Å². The molecule has 0 bridgehead atoms. The quantitative estimate of drug-likeness (QED) is 0.690. The van der Waals surface area contributed by atoms with Gasteiger partial charge in [0.25, 0.3) is 0 Å². The highest BCUT2D eigenvalue weighted by molar-refractivity contribution is 5.50. The first kappa shape index (κ1) is 14.1. The Balaban J connectivity index is 3.49. The molecule has 1 nitrogen and oxygen atoms in total. The van der Waals surface area contributed by atoms with Gasteiger partial charge in [-0.2, -0.15) is 0 Å². The SMILES string of the molecule is COc1c(C(C)(C)C)ccc(C(C)(C)C)c1C. The minimum Gasteiger partial charge on any atom is -0.496 e. The summed E-state index contributed by atoms with van der Waals surface area (Å²) in [6.07, 6.45) is 0. The molecule has 1 aromatic rings. The molecule has 0 amide bonds. The minimum atomic E-state index is 0.118. The molecule has 1 aromatic carbocycles. The zero-order valence-electron chi connectivity index (χ0n) is 12.6. The van der Waals surface area contributed by atoms with Crippen molar-refractivity contribution in [2.45, 2.75) is 59.3 Å². The highest BCUT2D eigenvalue weighted by atomic mass is 16.5. The maximum Gasteiger partial charge on any atom is 0.125 e. The molecule has 0 unspecified atom stereocenters. The topological polar surface area (TPSA) is 9.23 Å². The Kier molecular flexibility index (Phi) is 3.61. The predicted octanol–water partition coefficient (Wildman–Crippen LogP) is 4.60. The molecule has 96 valence electrons. The molecule has 0 aromatic heterocycles. The van der Waals surface area contributed by atoms with Crippen molar-refractivity contribution in [3.8, 4) is 5.75 Å². The lowest BCUT2D eigenvalue weighted by Crippen LogP contribution is -2.18. The normalized spacial score (nSPS) is 12.7. The first-order valence-corrected chi connectivity index (χ1v) is 6.27. The number of methoxy groups -OCH3 is 1. The molecule has 0 saturated heterocycles. The lowest BCUT2D eigenvalue weighted by atomic mass is 9.79. The molecule has 17 heavy (non-hydrogen) atoms. The molecule has 1 heteroatoms. The van der Waals surface area contributed by atoms with Gasteiger partial charge in [0.1, 0.15) is 5.75 Å². The van der Waals surface area contributed by atoms with Gasteiger partial charge in [-0.05, 0) is 34.4 Å². The summed E-state index contributed by atoms with van der Waals surface area (Å²) >= 11 is 0. The summed E-state index contributed by atoms with van der Waals surface area (Å²) in [4.78, 5) is 0. The Morgan fingerprint density at radius 2 is 1.24 bits per heavy atom. The van der Waals surface area contributed by atoms with E-state index < -0.39 is 0 Å². The maximum atomic E-state index is 5.64. The van der Waals surface area contributed by atoms with Crippen LogP contribution in [0.4, 0.5) is 0 Å². The van der Waals surface area contributed by atoms with E-state index in [1.54, 1.807) is 7.11 Å². The highest BCUT2D eigenvalue weighted by Gasteiger charge is 2.25. The summed E-state index contributed by atoms with van der Waals surface area (Å²) in [5.41, 5.74) is 4.19. The van der Waals surface area contributed by atoms with Crippen LogP contribution in [0.15, 0.2) is 12.1 Å². The monoisotopic (exact) mass is 234 g/mol. The molecule has 0 aliphatic heterocycles. The van der Waals surface area contributed by atoms with Gasteiger partial charge >= 0.3 is 0 Å². The molecule has 0 heterocycles. The lowest BCUT2D eigenvalue weighted by molar-refractivity contribution is 0.392. The summed E-state index contributed by atoms with van der Waals surface area (Å²) < 4.78 is 5.64. The van der Waals surface area contributed by atoms with E-state index in [0.29, 0.717) is 0 Å². The molecule has 0 spiro atoms. The van der Waals surface area contributed by atoms with Crippen LogP contribution in [0, 0.1) is 6.92 Å². The van der Waals surface area contributed by atoms with Crippen LogP contribution in [0.2, 0.25) is 0 Å². The number of benzene rings is 1. The van der Waals surface area contributed by atoms with Gasteiger partial charge in [-0.15, -0.1) is 0 Å². The lowest BCUT2D eigenvalue weighted by Gasteiger charge is -2.28. The largest absolute Gasteiger partial charge is 0.496 e. The molecular weight excluding hydrogens is 208 g/mol. The van der Waals surface area contributed by atoms with Crippen LogP contribution in [0.3, 0.4) is 0 Å². The second kappa shape index (κ2) is 4.36. The van der Waals surface area contributed by atoms with Crippen molar-refractivity contribution in [1.82, 2.24) is 0 Å². The molecule has 0 aliphatic rings. The maximum absolute atomic E-state index is 5.64. The van der Waals surface area contributed by atoms with Crippen LogP contribution < -0.4 is 4.74 Å². The van der Waals surface area contributed by atoms with Crippen LogP contribution in [0.25, 0.3) is 0 Å². The van der Waals surface area contributed by atoms with Crippen LogP contribution in [-0.2, 0) is 10.8 Å². The molecule has 0 atom stereocenters. The average Bonchev–Trinajstić information content (AvgIpc) is 2.13. The van der Waals surface area contributed by atoms with Gasteiger partial charge in [0.05, 0.1) is 7.11 Å². The standard InChI is InChI=1S/C16H26O/c1-11-12(15(2,3)4)9-10-13(14(11)17-8)16(5,6)7/h9-10H,1-8H3. The van der Waals surface area contributed by atoms with Gasteiger partial charge < -0.3 is 4.74 Å². The Morgan fingerprint density at radius 1 is 0.824 bits per heavy atom. The Bertz CT molecular complexity index is 403. The summed E-state index contributed by atoms with van der Waals surface area (Å²) in [7, 11) is 1.77. The number of hydrogen-bond acceptors (Lipinski definition) is 1. The Labute approximate surface area is 106 Å². The van der Waals surface area contributed by atoms with Crippen molar-refractivity contribution in [2.75, 3.05) is 7.11 Å². The third-order valence-electron chi connectivity index (χ3n) is 3.23. The minimum absolute atomic E-state index is 0.118. The summed E-state index contributed by atoms with van der Waals surface area (Å²) in [6, 6.07) is 4.46. The van der Waals surface area contributed by atoms with E-state index >= 15 is 0 Å². The predicted molar refractivity (Wildman–Crippen MR) is 75.1 cm³/mol. The van der Waals surface area contributed by atoms with E-state index in [0.717, 1.165) is 5.75 Å². The van der Waals surface area contributed by atoms with Gasteiger partial charge in [0.15, 0.2) is 0 Å². The van der Waals surface area contributed by atoms with Gasteiger partial charge in [-0.25, -0.2) is 0 Å². The number of rotatable bonds is 1. The van der Waals surface area contributed by atoms with Crippen LogP contribution in [0.5, 0.6) is 5.75 Å². The first-order valence-electron chi connectivity index (χ1n) is 6.27. The highest BCUT2D eigenvalue weighted by Crippen LogP contribution is 2.38. The fourth-order valence-corrected chi connectivity index (χ4v) is 2.36. The van der Waals surface area contributed by atoms with Gasteiger partial charge in [0, 0.05) is 0 Å². The van der Waals surface area contributed by atoms with Crippen LogP contribution in [0.1, 0.15) is 58.2 Å². The third kappa shape index (κ3) is 2.83. The van der Waals surface area contributed by atoms with Crippen molar-refractivity contribution >= 4 is 0 Å². The van der Waals surface area contributed by atoms with E-state index in [4.69, 9.17) is 4.74 Å². The van der Waals surface area contributed by atoms with Crippen molar-refractivity contribution in [1.29, 1.82) is 0 Å². The summed E-state index contributed by atoms with van der Waals surface area (Å²) in [5.74, 6) is 1.05. The summed E-state index contributed by atoms with van der Waals surface area (Å²) in [5, 5.41) is 0. The van der Waals surface area contributed by atoms with Crippen molar-refractivity contribution in [3.05, 3.63) is 28.8 Å². The third-order valence-corrected chi connectivity index (χ3v) is 3.23. The Hall–Kier alpha value is -0.980. The van der Waals surface area contributed by atoms with Crippen molar-refractivity contribution in [2.24, 2.45) is 0 Å². The molecule has 0 fully saturated rings. The summed E-state index contributed by atoms with van der Waals surface area (Å²) in [6.45, 7) is 15.6. The van der Waals surface area contributed by atoms with Gasteiger partial charge in [-0.1, -0.05) is 53.7 Å². The van der Waals surface area contributed by atoms with E-state index in [1.807, 2.05) is 0 Å². The molecular formula is C16H26O. The molecule has 0 aliphatic carbocycles. The van der Waals surface area contributed by atoms with E-state index in [-0.39, 0.29) is 10.8 Å². The van der Waals surface area contributed by atoms with Crippen LogP contribution >= 0.6 is 0 Å². The van der Waals surface area contributed by atoms with Crippen LogP contribution in [-0.4, -0.2) is 7.11 Å². The van der Waals surface area contributed by atoms with Gasteiger partial charge in [-0.3, -0.25) is 0 Å². The van der Waals surface area contributed by atoms with E-state index in [9.17, 15) is 0 Å². The molecule has 0 saturated carbocycles. The average molecular weight is 234 g/mol. The number of ether oxygens (including phenoxy) is 1. The zero-order chi connectivity index (χ0) is 13.4. The molecule has 0 N–H and O–H groups in total. The molecule has 1 rings (SSSR count). The van der Waals surface area contributed by atoms with E-state index in [2.05, 4.69) is 60.6 Å². The number of hydrogen-bond donors (Lipinski definition) is 0. The zero-order valence-corrected chi connectivity index (χ0v) is 12.6. The van der Waals surface area contributed by atoms with E-state index in [1.165, 1.54) is 16.7 Å². The van der Waals surface area contributed by atoms with Crippen molar-refractivity contribution < 1.29 is 4.74 Å². The Morgan fingerprint density at radius 3 is 1.59 bits per heavy atom. The first-order chi connectivity index (χ1) is 7.59. The van der Waals surface area contributed by atoms with Gasteiger partial charge in [0.2, 0.25) is 0 Å². The second-order valence-electron chi connectivity index (χ2n) is 6.82. The molecule has 0 radical (unpaired) electrons. The fraction of sp³-hybridized carbons (Fsp3) is 0.625.